The zero-order valence-corrected chi connectivity index (χ0v) is 15.7. The molecule has 0 saturated carbocycles. The van der Waals surface area contributed by atoms with Gasteiger partial charge in [0.25, 0.3) is 0 Å². The van der Waals surface area contributed by atoms with Gasteiger partial charge in [0.1, 0.15) is 5.75 Å². The Kier molecular flexibility index (Phi) is 4.88. The van der Waals surface area contributed by atoms with E-state index >= 15 is 0 Å². The van der Waals surface area contributed by atoms with E-state index in [1.165, 1.54) is 22.4 Å². The first kappa shape index (κ1) is 17.4. The molecule has 4 heteroatoms. The topological polar surface area (TPSA) is 35.9 Å². The van der Waals surface area contributed by atoms with E-state index in [4.69, 9.17) is 4.74 Å². The molecule has 0 spiro atoms. The van der Waals surface area contributed by atoms with Gasteiger partial charge in [0.2, 0.25) is 0 Å². The molecule has 1 unspecified atom stereocenters. The second-order valence-electron chi connectivity index (χ2n) is 7.56. The molecular weight excluding hydrogens is 324 g/mol. The van der Waals surface area contributed by atoms with Crippen LogP contribution < -0.4 is 9.64 Å². The fraction of sp³-hybridized carbons (Fsp3) is 0.455. The maximum absolute atomic E-state index is 10.7. The summed E-state index contributed by atoms with van der Waals surface area (Å²) < 4.78 is 5.56. The van der Waals surface area contributed by atoms with E-state index < -0.39 is 6.10 Å². The van der Waals surface area contributed by atoms with Crippen LogP contribution in [0.25, 0.3) is 0 Å². The second-order valence-corrected chi connectivity index (χ2v) is 7.56. The molecule has 4 nitrogen and oxygen atoms in total. The third-order valence-corrected chi connectivity index (χ3v) is 5.61. The molecule has 4 rings (SSSR count). The zero-order chi connectivity index (χ0) is 18.1. The number of aryl methyl sites for hydroxylation is 2. The minimum absolute atomic E-state index is 0.437. The van der Waals surface area contributed by atoms with Crippen LogP contribution in [0.2, 0.25) is 0 Å². The van der Waals surface area contributed by atoms with Crippen LogP contribution in [0.5, 0.6) is 5.75 Å². The Hall–Kier alpha value is -2.04. The van der Waals surface area contributed by atoms with Gasteiger partial charge in [-0.3, -0.25) is 4.90 Å². The summed E-state index contributed by atoms with van der Waals surface area (Å²) in [5.41, 5.74) is 6.23. The number of anilines is 1. The largest absolute Gasteiger partial charge is 0.493 e. The van der Waals surface area contributed by atoms with Crippen molar-refractivity contribution in [1.29, 1.82) is 0 Å². The summed E-state index contributed by atoms with van der Waals surface area (Å²) in [6.45, 7) is 9.77. The number of rotatable bonds is 4. The summed E-state index contributed by atoms with van der Waals surface area (Å²) in [6, 6.07) is 12.8. The van der Waals surface area contributed by atoms with E-state index in [0.717, 1.165) is 50.5 Å². The highest BCUT2D eigenvalue weighted by Gasteiger charge is 2.22. The molecule has 1 N–H and O–H groups in total. The lowest BCUT2D eigenvalue weighted by atomic mass is 10.0. The highest BCUT2D eigenvalue weighted by Crippen LogP contribution is 2.29. The zero-order valence-electron chi connectivity index (χ0n) is 15.7. The lowest BCUT2D eigenvalue weighted by Crippen LogP contribution is -2.47. The van der Waals surface area contributed by atoms with Crippen molar-refractivity contribution in [3.8, 4) is 5.75 Å². The third-order valence-electron chi connectivity index (χ3n) is 5.61. The number of aliphatic hydroxyl groups is 1. The maximum Gasteiger partial charge on any atom is 0.122 e. The van der Waals surface area contributed by atoms with E-state index in [1.54, 1.807) is 0 Å². The lowest BCUT2D eigenvalue weighted by molar-refractivity contribution is 0.109. The molecule has 0 aliphatic carbocycles. The van der Waals surface area contributed by atoms with Crippen molar-refractivity contribution in [3.05, 3.63) is 58.7 Å². The second kappa shape index (κ2) is 7.29. The summed E-state index contributed by atoms with van der Waals surface area (Å²) in [6.07, 6.45) is 0.512. The molecule has 0 amide bonds. The van der Waals surface area contributed by atoms with Crippen molar-refractivity contribution in [3.63, 3.8) is 0 Å². The molecule has 2 heterocycles. The van der Waals surface area contributed by atoms with Gasteiger partial charge in [-0.2, -0.15) is 0 Å². The average molecular weight is 352 g/mol. The minimum Gasteiger partial charge on any atom is -0.493 e. The summed E-state index contributed by atoms with van der Waals surface area (Å²) >= 11 is 0. The number of ether oxygens (including phenoxy) is 1. The SMILES string of the molecule is Cc1ccc(C)c(N2CCN(CC(O)c3ccc4c(c3)CCO4)CC2)c1. The minimum atomic E-state index is -0.437. The number of β-amino-alcohol motifs (C(OH)–C–C–N with tert-alkyl or cyclic N) is 1. The normalized spacial score (nSPS) is 18.5. The molecule has 2 aliphatic rings. The van der Waals surface area contributed by atoms with Crippen molar-refractivity contribution < 1.29 is 9.84 Å². The van der Waals surface area contributed by atoms with Crippen LogP contribution in [0.15, 0.2) is 36.4 Å². The van der Waals surface area contributed by atoms with Crippen LogP contribution in [0.4, 0.5) is 5.69 Å². The van der Waals surface area contributed by atoms with Crippen molar-refractivity contribution >= 4 is 5.69 Å². The summed E-state index contributed by atoms with van der Waals surface area (Å²) in [5, 5.41) is 10.7. The lowest BCUT2D eigenvalue weighted by Gasteiger charge is -2.37. The Morgan fingerprint density at radius 1 is 1.04 bits per heavy atom. The number of nitrogens with zero attached hydrogens (tertiary/aromatic N) is 2. The quantitative estimate of drug-likeness (QED) is 0.917. The third kappa shape index (κ3) is 3.57. The Morgan fingerprint density at radius 2 is 1.85 bits per heavy atom. The Balaban J connectivity index is 1.35. The molecule has 2 aliphatic heterocycles. The molecule has 26 heavy (non-hydrogen) atoms. The van der Waals surface area contributed by atoms with Crippen molar-refractivity contribution in [1.82, 2.24) is 4.90 Å². The molecule has 0 bridgehead atoms. The van der Waals surface area contributed by atoms with Crippen molar-refractivity contribution in [2.75, 3.05) is 44.2 Å². The van der Waals surface area contributed by atoms with Crippen LogP contribution in [-0.4, -0.2) is 49.3 Å². The fourth-order valence-electron chi connectivity index (χ4n) is 4.00. The maximum atomic E-state index is 10.7. The average Bonchev–Trinajstić information content (AvgIpc) is 3.12. The van der Waals surface area contributed by atoms with Crippen LogP contribution in [0.1, 0.15) is 28.4 Å². The summed E-state index contributed by atoms with van der Waals surface area (Å²) in [4.78, 5) is 4.84. The number of piperazine rings is 1. The van der Waals surface area contributed by atoms with Gasteiger partial charge in [0, 0.05) is 44.8 Å². The van der Waals surface area contributed by atoms with Crippen LogP contribution in [0.3, 0.4) is 0 Å². The van der Waals surface area contributed by atoms with Crippen LogP contribution in [-0.2, 0) is 6.42 Å². The van der Waals surface area contributed by atoms with E-state index in [1.807, 2.05) is 12.1 Å². The first-order chi connectivity index (χ1) is 12.6. The highest BCUT2D eigenvalue weighted by molar-refractivity contribution is 5.55. The first-order valence-corrected chi connectivity index (χ1v) is 9.58. The van der Waals surface area contributed by atoms with Gasteiger partial charge in [-0.15, -0.1) is 0 Å². The van der Waals surface area contributed by atoms with E-state index in [2.05, 4.69) is 47.9 Å². The van der Waals surface area contributed by atoms with Gasteiger partial charge < -0.3 is 14.7 Å². The smallest absolute Gasteiger partial charge is 0.122 e. The van der Waals surface area contributed by atoms with Gasteiger partial charge in [0.15, 0.2) is 0 Å². The van der Waals surface area contributed by atoms with E-state index in [-0.39, 0.29) is 0 Å². The first-order valence-electron chi connectivity index (χ1n) is 9.58. The molecule has 2 aromatic rings. The van der Waals surface area contributed by atoms with Gasteiger partial charge in [-0.25, -0.2) is 0 Å². The van der Waals surface area contributed by atoms with Gasteiger partial charge in [0.05, 0.1) is 12.7 Å². The predicted octanol–water partition coefficient (Wildman–Crippen LogP) is 3.09. The Bertz CT molecular complexity index is 782. The Morgan fingerprint density at radius 3 is 2.65 bits per heavy atom. The molecule has 1 atom stereocenters. The molecule has 0 aromatic heterocycles. The molecule has 1 fully saturated rings. The number of hydrogen-bond acceptors (Lipinski definition) is 4. The monoisotopic (exact) mass is 352 g/mol. The molecule has 2 aromatic carbocycles. The fourth-order valence-corrected chi connectivity index (χ4v) is 4.00. The van der Waals surface area contributed by atoms with Gasteiger partial charge in [-0.05, 0) is 54.3 Å². The van der Waals surface area contributed by atoms with Gasteiger partial charge >= 0.3 is 0 Å². The number of benzene rings is 2. The Labute approximate surface area is 156 Å². The predicted molar refractivity (Wildman–Crippen MR) is 105 cm³/mol. The summed E-state index contributed by atoms with van der Waals surface area (Å²) in [5.74, 6) is 0.975. The van der Waals surface area contributed by atoms with E-state index in [9.17, 15) is 5.11 Å². The standard InChI is InChI=1S/C22H28N2O2/c1-16-3-4-17(2)20(13-16)24-10-8-23(9-11-24)15-21(25)18-5-6-22-19(14-18)7-12-26-22/h3-6,13-14,21,25H,7-12,15H2,1-2H3. The molecule has 138 valence electrons. The molecule has 1 saturated heterocycles. The number of fused-ring (bicyclic) bond motifs is 1. The highest BCUT2D eigenvalue weighted by atomic mass is 16.5. The summed E-state index contributed by atoms with van der Waals surface area (Å²) in [7, 11) is 0. The van der Waals surface area contributed by atoms with Crippen molar-refractivity contribution in [2.24, 2.45) is 0 Å². The van der Waals surface area contributed by atoms with Crippen LogP contribution >= 0.6 is 0 Å². The number of hydrogen-bond donors (Lipinski definition) is 1. The van der Waals surface area contributed by atoms with E-state index in [0.29, 0.717) is 6.54 Å². The van der Waals surface area contributed by atoms with Gasteiger partial charge in [-0.1, -0.05) is 18.2 Å². The number of aliphatic hydroxyl groups excluding tert-OH is 1. The molecular formula is C22H28N2O2. The molecule has 0 radical (unpaired) electrons. The van der Waals surface area contributed by atoms with Crippen LogP contribution in [0, 0.1) is 13.8 Å². The van der Waals surface area contributed by atoms with Crippen molar-refractivity contribution in [2.45, 2.75) is 26.4 Å².